The molecule has 0 spiro atoms. The molecule has 2 saturated heterocycles. The minimum Gasteiger partial charge on any atom is -0.328 e. The highest BCUT2D eigenvalue weighted by Crippen LogP contribution is 2.16. The number of piperidine rings is 2. The maximum absolute atomic E-state index is 13.9. The number of aromatic nitrogens is 5. The summed E-state index contributed by atoms with van der Waals surface area (Å²) in [7, 11) is 0. The Bertz CT molecular complexity index is 2080. The fourth-order valence-electron chi connectivity index (χ4n) is 7.14. The van der Waals surface area contributed by atoms with E-state index in [0.717, 1.165) is 104 Å². The number of nitrogens with one attached hydrogen (secondary N) is 1. The van der Waals surface area contributed by atoms with Gasteiger partial charge in [-0.2, -0.15) is 0 Å². The summed E-state index contributed by atoms with van der Waals surface area (Å²) < 4.78 is 17.6. The van der Waals surface area contributed by atoms with E-state index in [1.807, 2.05) is 54.4 Å². The summed E-state index contributed by atoms with van der Waals surface area (Å²) in [6.07, 6.45) is 10.2. The number of fused-ring (bicyclic) bond motifs is 2. The molecule has 5 aromatic rings. The molecule has 2 aliphatic heterocycles. The van der Waals surface area contributed by atoms with Crippen LogP contribution in [0.2, 0.25) is 0 Å². The van der Waals surface area contributed by atoms with Crippen molar-refractivity contribution < 1.29 is 4.39 Å². The number of pyridine rings is 5. The minimum absolute atomic E-state index is 0. The van der Waals surface area contributed by atoms with Crippen molar-refractivity contribution in [3.05, 3.63) is 110 Å². The van der Waals surface area contributed by atoms with E-state index in [4.69, 9.17) is 5.73 Å². The average molecular weight is 726 g/mol. The van der Waals surface area contributed by atoms with E-state index in [2.05, 4.69) is 30.1 Å². The molecule has 284 valence electrons. The summed E-state index contributed by atoms with van der Waals surface area (Å²) in [4.78, 5) is 42.4. The van der Waals surface area contributed by atoms with Gasteiger partial charge in [-0.1, -0.05) is 14.4 Å². The van der Waals surface area contributed by atoms with E-state index in [0.29, 0.717) is 43.8 Å². The first kappa shape index (κ1) is 39.8. The third kappa shape index (κ3) is 10.4. The van der Waals surface area contributed by atoms with Crippen LogP contribution in [-0.2, 0) is 26.1 Å². The van der Waals surface area contributed by atoms with E-state index < -0.39 is 0 Å². The van der Waals surface area contributed by atoms with E-state index in [9.17, 15) is 14.0 Å². The fraction of sp³-hybridized carbons (Fsp3) is 0.488. The standard InChI is InChI=1S/C24H30FN5O.C16H22N4O.CH4/c1-3-21-20(25)13-18(16-28-21)15-26-19-6-8-29(9-7-19)10-11-30-23-12-17(2)14-27-22(23)4-5-24(30)31;1-12-10-15-14(18-11-12)2-3-16(21)20(15)9-8-19-6-4-13(17)5-7-19;/h4-5,12-14,16,19,26H,3,6-11,15H2,1-2H3;2-3,10-11,13H,4-9,17H2,1H3;1H4. The van der Waals surface area contributed by atoms with Gasteiger partial charge in [-0.25, -0.2) is 4.39 Å². The van der Waals surface area contributed by atoms with Gasteiger partial charge in [-0.15, -0.1) is 0 Å². The second kappa shape index (κ2) is 18.6. The number of rotatable bonds is 10. The SMILES string of the molecule is C.CCc1ncc(CNC2CCN(CCn3c(=O)ccc4ncc(C)cc43)CC2)cc1F.Cc1cnc2ccc(=O)n(CCN3CCC(N)CC3)c2c1. The van der Waals surface area contributed by atoms with Gasteiger partial charge in [0.15, 0.2) is 0 Å². The highest BCUT2D eigenvalue weighted by Gasteiger charge is 2.20. The first-order chi connectivity index (χ1) is 25.2. The zero-order valence-corrected chi connectivity index (χ0v) is 30.7. The van der Waals surface area contributed by atoms with Crippen LogP contribution in [0.15, 0.2) is 70.6 Å². The summed E-state index contributed by atoms with van der Waals surface area (Å²) >= 11 is 0. The van der Waals surface area contributed by atoms with Crippen molar-refractivity contribution in [2.24, 2.45) is 5.73 Å². The molecule has 0 amide bonds. The number of hydrogen-bond acceptors (Lipinski definition) is 9. The van der Waals surface area contributed by atoms with Gasteiger partial charge in [0, 0.05) is 75.5 Å². The van der Waals surface area contributed by atoms with Crippen LogP contribution in [-0.4, -0.2) is 85.2 Å². The molecule has 0 aliphatic carbocycles. The van der Waals surface area contributed by atoms with Crippen LogP contribution < -0.4 is 22.2 Å². The number of aryl methyl sites for hydroxylation is 3. The Hall–Kier alpha value is -4.36. The second-order valence-electron chi connectivity index (χ2n) is 14.3. The van der Waals surface area contributed by atoms with Crippen molar-refractivity contribution >= 4 is 22.1 Å². The largest absolute Gasteiger partial charge is 0.328 e. The van der Waals surface area contributed by atoms with Crippen molar-refractivity contribution in [3.8, 4) is 0 Å². The van der Waals surface area contributed by atoms with Crippen LogP contribution in [0.5, 0.6) is 0 Å². The molecule has 3 N–H and O–H groups in total. The predicted molar refractivity (Wildman–Crippen MR) is 212 cm³/mol. The molecule has 12 heteroatoms. The van der Waals surface area contributed by atoms with Gasteiger partial charge in [0.1, 0.15) is 5.82 Å². The van der Waals surface area contributed by atoms with Crippen LogP contribution >= 0.6 is 0 Å². The average Bonchev–Trinajstić information content (AvgIpc) is 3.14. The normalized spacial score (nSPS) is 16.0. The number of halogens is 1. The van der Waals surface area contributed by atoms with Gasteiger partial charge in [0.05, 0.1) is 27.8 Å². The first-order valence-corrected chi connectivity index (χ1v) is 18.7. The van der Waals surface area contributed by atoms with Crippen molar-refractivity contribution in [2.45, 2.75) is 92.0 Å². The molecule has 53 heavy (non-hydrogen) atoms. The Morgan fingerprint density at radius 1 is 0.736 bits per heavy atom. The number of nitrogens with zero attached hydrogens (tertiary/aromatic N) is 7. The fourth-order valence-corrected chi connectivity index (χ4v) is 7.14. The molecule has 0 aromatic carbocycles. The quantitative estimate of drug-likeness (QED) is 0.209. The third-order valence-corrected chi connectivity index (χ3v) is 10.4. The van der Waals surface area contributed by atoms with Gasteiger partial charge in [-0.05, 0) is 119 Å². The third-order valence-electron chi connectivity index (χ3n) is 10.4. The Labute approximate surface area is 312 Å². The maximum Gasteiger partial charge on any atom is 0.251 e. The molecule has 7 heterocycles. The summed E-state index contributed by atoms with van der Waals surface area (Å²) in [6.45, 7) is 13.6. The monoisotopic (exact) mass is 725 g/mol. The number of nitrogens with two attached hydrogens (primary N) is 1. The lowest BCUT2D eigenvalue weighted by atomic mass is 10.0. The molecule has 11 nitrogen and oxygen atoms in total. The molecule has 0 bridgehead atoms. The Morgan fingerprint density at radius 3 is 1.74 bits per heavy atom. The molecule has 0 atom stereocenters. The van der Waals surface area contributed by atoms with Gasteiger partial charge >= 0.3 is 0 Å². The van der Waals surface area contributed by atoms with Crippen LogP contribution in [0.3, 0.4) is 0 Å². The van der Waals surface area contributed by atoms with Crippen LogP contribution in [0, 0.1) is 19.7 Å². The first-order valence-electron chi connectivity index (χ1n) is 18.7. The molecular weight excluding hydrogens is 670 g/mol. The van der Waals surface area contributed by atoms with Crippen molar-refractivity contribution in [3.63, 3.8) is 0 Å². The van der Waals surface area contributed by atoms with Gasteiger partial charge in [-0.3, -0.25) is 24.5 Å². The Balaban J connectivity index is 0.000000215. The lowest BCUT2D eigenvalue weighted by Crippen LogP contribution is -2.43. The number of likely N-dealkylation sites (tertiary alicyclic amines) is 2. The van der Waals surface area contributed by atoms with E-state index >= 15 is 0 Å². The number of hydrogen-bond donors (Lipinski definition) is 2. The van der Waals surface area contributed by atoms with Gasteiger partial charge in [0.25, 0.3) is 11.1 Å². The Kier molecular flexibility index (Phi) is 14.0. The maximum atomic E-state index is 13.9. The van der Waals surface area contributed by atoms with E-state index in [1.165, 1.54) is 0 Å². The molecule has 7 rings (SSSR count). The van der Waals surface area contributed by atoms with Gasteiger partial charge < -0.3 is 30.0 Å². The van der Waals surface area contributed by atoms with E-state index in [1.54, 1.807) is 36.5 Å². The summed E-state index contributed by atoms with van der Waals surface area (Å²) in [5, 5.41) is 3.54. The summed E-state index contributed by atoms with van der Waals surface area (Å²) in [6, 6.07) is 13.2. The molecule has 5 aromatic heterocycles. The summed E-state index contributed by atoms with van der Waals surface area (Å²) in [5.41, 5.74) is 13.1. The van der Waals surface area contributed by atoms with E-state index in [-0.39, 0.29) is 24.4 Å². The van der Waals surface area contributed by atoms with Crippen molar-refractivity contribution in [2.75, 3.05) is 39.3 Å². The molecule has 0 saturated carbocycles. The van der Waals surface area contributed by atoms with Crippen LogP contribution in [0.4, 0.5) is 4.39 Å². The molecular formula is C41H56FN9O2. The molecule has 2 aliphatic rings. The molecule has 2 fully saturated rings. The molecule has 0 unspecified atom stereocenters. The minimum atomic E-state index is -0.217. The highest BCUT2D eigenvalue weighted by atomic mass is 19.1. The summed E-state index contributed by atoms with van der Waals surface area (Å²) in [5.74, 6) is -0.217. The molecule has 0 radical (unpaired) electrons. The zero-order chi connectivity index (χ0) is 36.6. The highest BCUT2D eigenvalue weighted by molar-refractivity contribution is 5.75. The Morgan fingerprint density at radius 2 is 1.25 bits per heavy atom. The van der Waals surface area contributed by atoms with Crippen LogP contribution in [0.25, 0.3) is 22.1 Å². The second-order valence-corrected chi connectivity index (χ2v) is 14.3. The zero-order valence-electron chi connectivity index (χ0n) is 30.7. The lowest BCUT2D eigenvalue weighted by molar-refractivity contribution is 0.191. The smallest absolute Gasteiger partial charge is 0.251 e. The van der Waals surface area contributed by atoms with Crippen molar-refractivity contribution in [1.29, 1.82) is 0 Å². The lowest BCUT2D eigenvalue weighted by Gasteiger charge is -2.32. The van der Waals surface area contributed by atoms with Gasteiger partial charge in [0.2, 0.25) is 0 Å². The van der Waals surface area contributed by atoms with Crippen LogP contribution in [0.1, 0.15) is 62.4 Å². The topological polar surface area (TPSA) is 127 Å². The van der Waals surface area contributed by atoms with Crippen molar-refractivity contribution in [1.82, 2.24) is 39.2 Å². The predicted octanol–water partition coefficient (Wildman–Crippen LogP) is 4.82.